The first-order valence-corrected chi connectivity index (χ1v) is 4.73. The second-order valence-electron chi connectivity index (χ2n) is 3.09. The molecule has 1 unspecified atom stereocenters. The van der Waals surface area contributed by atoms with Crippen LogP contribution >= 0.6 is 0 Å². The van der Waals surface area contributed by atoms with E-state index >= 15 is 0 Å². The summed E-state index contributed by atoms with van der Waals surface area (Å²) in [5, 5.41) is 0. The van der Waals surface area contributed by atoms with Gasteiger partial charge in [-0.1, -0.05) is 6.92 Å². The van der Waals surface area contributed by atoms with Gasteiger partial charge in [-0.3, -0.25) is 0 Å². The van der Waals surface area contributed by atoms with Gasteiger partial charge in [-0.2, -0.15) is 0 Å². The molecule has 0 aromatic carbocycles. The zero-order valence-electron chi connectivity index (χ0n) is 8.32. The first-order chi connectivity index (χ1) is 6.34. The highest BCUT2D eigenvalue weighted by Crippen LogP contribution is 2.09. The van der Waals surface area contributed by atoms with E-state index in [1.807, 2.05) is 6.92 Å². The SMILES string of the molecule is CCCOCOC1COCO[C@@H]1C. The first kappa shape index (κ1) is 10.9. The summed E-state index contributed by atoms with van der Waals surface area (Å²) in [6.07, 6.45) is 1.11. The summed E-state index contributed by atoms with van der Waals surface area (Å²) >= 11 is 0. The third-order valence-electron chi connectivity index (χ3n) is 1.93. The molecule has 1 aliphatic heterocycles. The molecule has 1 rings (SSSR count). The second kappa shape index (κ2) is 6.32. The van der Waals surface area contributed by atoms with Crippen LogP contribution in [0.4, 0.5) is 0 Å². The predicted octanol–water partition coefficient (Wildman–Crippen LogP) is 1.15. The maximum Gasteiger partial charge on any atom is 0.147 e. The maximum atomic E-state index is 5.43. The minimum absolute atomic E-state index is 0.00519. The molecule has 0 aromatic heterocycles. The molecule has 1 aliphatic rings. The Morgan fingerprint density at radius 2 is 2.31 bits per heavy atom. The van der Waals surface area contributed by atoms with Gasteiger partial charge < -0.3 is 18.9 Å². The van der Waals surface area contributed by atoms with E-state index in [-0.39, 0.29) is 12.2 Å². The molecule has 1 saturated heterocycles. The molecule has 0 spiro atoms. The lowest BCUT2D eigenvalue weighted by Gasteiger charge is -2.28. The van der Waals surface area contributed by atoms with E-state index in [1.165, 1.54) is 0 Å². The quantitative estimate of drug-likeness (QED) is 0.481. The fraction of sp³-hybridized carbons (Fsp3) is 1.00. The third kappa shape index (κ3) is 4.04. The molecule has 0 radical (unpaired) electrons. The molecular weight excluding hydrogens is 172 g/mol. The largest absolute Gasteiger partial charge is 0.355 e. The third-order valence-corrected chi connectivity index (χ3v) is 1.93. The van der Waals surface area contributed by atoms with E-state index in [2.05, 4.69) is 6.92 Å². The fourth-order valence-electron chi connectivity index (χ4n) is 1.08. The Bertz CT molecular complexity index is 129. The number of ether oxygens (including phenoxy) is 4. The van der Waals surface area contributed by atoms with Gasteiger partial charge in [0.15, 0.2) is 0 Å². The van der Waals surface area contributed by atoms with Crippen molar-refractivity contribution in [1.29, 1.82) is 0 Å². The van der Waals surface area contributed by atoms with Gasteiger partial charge in [0.25, 0.3) is 0 Å². The number of hydrogen-bond acceptors (Lipinski definition) is 4. The van der Waals surface area contributed by atoms with Gasteiger partial charge in [0.2, 0.25) is 0 Å². The highest BCUT2D eigenvalue weighted by atomic mass is 16.7. The summed E-state index contributed by atoms with van der Waals surface area (Å²) in [6.45, 7) is 6.08. The molecule has 4 heteroatoms. The van der Waals surface area contributed by atoms with Crippen LogP contribution in [0.15, 0.2) is 0 Å². The smallest absolute Gasteiger partial charge is 0.147 e. The van der Waals surface area contributed by atoms with Gasteiger partial charge in [0, 0.05) is 6.61 Å². The zero-order chi connectivity index (χ0) is 9.52. The van der Waals surface area contributed by atoms with Crippen molar-refractivity contribution < 1.29 is 18.9 Å². The van der Waals surface area contributed by atoms with Crippen LogP contribution in [0.2, 0.25) is 0 Å². The Labute approximate surface area is 79.1 Å². The average Bonchev–Trinajstić information content (AvgIpc) is 2.15. The van der Waals surface area contributed by atoms with Crippen LogP contribution in [0, 0.1) is 0 Å². The molecule has 4 nitrogen and oxygen atoms in total. The van der Waals surface area contributed by atoms with Crippen molar-refractivity contribution >= 4 is 0 Å². The summed E-state index contributed by atoms with van der Waals surface area (Å²) in [4.78, 5) is 0. The molecule has 1 heterocycles. The number of hydrogen-bond donors (Lipinski definition) is 0. The van der Waals surface area contributed by atoms with Crippen molar-refractivity contribution in [1.82, 2.24) is 0 Å². The Balaban J connectivity index is 2.05. The van der Waals surface area contributed by atoms with Gasteiger partial charge in [-0.05, 0) is 13.3 Å². The monoisotopic (exact) mass is 190 g/mol. The van der Waals surface area contributed by atoms with Crippen LogP contribution < -0.4 is 0 Å². The summed E-state index contributed by atoms with van der Waals surface area (Å²) in [5.74, 6) is 0. The van der Waals surface area contributed by atoms with E-state index < -0.39 is 0 Å². The number of rotatable bonds is 5. The molecule has 0 aromatic rings. The van der Waals surface area contributed by atoms with Crippen LogP contribution in [-0.4, -0.2) is 39.0 Å². The molecule has 0 N–H and O–H groups in total. The Hall–Kier alpha value is -0.160. The molecule has 1 fully saturated rings. The Morgan fingerprint density at radius 3 is 3.00 bits per heavy atom. The molecule has 0 amide bonds. The zero-order valence-corrected chi connectivity index (χ0v) is 8.32. The summed E-state index contributed by atoms with van der Waals surface area (Å²) in [7, 11) is 0. The van der Waals surface area contributed by atoms with Crippen molar-refractivity contribution in [3.63, 3.8) is 0 Å². The van der Waals surface area contributed by atoms with E-state index in [9.17, 15) is 0 Å². The standard InChI is InChI=1S/C9H18O4/c1-3-4-10-6-13-9-5-11-7-12-8(9)2/h8-9H,3-7H2,1-2H3/t8-,9?/m1/s1. The summed E-state index contributed by atoms with van der Waals surface area (Å²) in [5.41, 5.74) is 0. The van der Waals surface area contributed by atoms with Crippen LogP contribution in [-0.2, 0) is 18.9 Å². The lowest BCUT2D eigenvalue weighted by molar-refractivity contribution is -0.223. The minimum Gasteiger partial charge on any atom is -0.355 e. The molecule has 0 aliphatic carbocycles. The van der Waals surface area contributed by atoms with E-state index in [0.29, 0.717) is 20.2 Å². The van der Waals surface area contributed by atoms with Crippen molar-refractivity contribution in [2.24, 2.45) is 0 Å². The fourth-order valence-corrected chi connectivity index (χ4v) is 1.08. The molecule has 78 valence electrons. The maximum absolute atomic E-state index is 5.43. The second-order valence-corrected chi connectivity index (χ2v) is 3.09. The van der Waals surface area contributed by atoms with Crippen molar-refractivity contribution in [2.75, 3.05) is 26.8 Å². The van der Waals surface area contributed by atoms with E-state index in [1.54, 1.807) is 0 Å². The molecule has 0 bridgehead atoms. The predicted molar refractivity (Wildman–Crippen MR) is 47.3 cm³/mol. The summed E-state index contributed by atoms with van der Waals surface area (Å²) in [6, 6.07) is 0. The molecule has 2 atom stereocenters. The average molecular weight is 190 g/mol. The van der Waals surface area contributed by atoms with Crippen LogP contribution in [0.25, 0.3) is 0 Å². The highest BCUT2D eigenvalue weighted by molar-refractivity contribution is 4.67. The minimum atomic E-state index is 0.00519. The van der Waals surface area contributed by atoms with Crippen LogP contribution in [0.5, 0.6) is 0 Å². The Morgan fingerprint density at radius 1 is 1.46 bits per heavy atom. The van der Waals surface area contributed by atoms with Gasteiger partial charge in [0.05, 0.1) is 12.7 Å². The topological polar surface area (TPSA) is 36.9 Å². The molecular formula is C9H18O4. The van der Waals surface area contributed by atoms with E-state index in [4.69, 9.17) is 18.9 Å². The van der Waals surface area contributed by atoms with Crippen LogP contribution in [0.3, 0.4) is 0 Å². The van der Waals surface area contributed by atoms with Crippen molar-refractivity contribution in [3.05, 3.63) is 0 Å². The lowest BCUT2D eigenvalue weighted by atomic mass is 10.2. The van der Waals surface area contributed by atoms with Crippen molar-refractivity contribution in [3.8, 4) is 0 Å². The van der Waals surface area contributed by atoms with Gasteiger partial charge >= 0.3 is 0 Å². The van der Waals surface area contributed by atoms with E-state index in [0.717, 1.165) is 13.0 Å². The van der Waals surface area contributed by atoms with Gasteiger partial charge in [-0.15, -0.1) is 0 Å². The lowest BCUT2D eigenvalue weighted by Crippen LogP contribution is -2.39. The Kier molecular flexibility index (Phi) is 5.31. The van der Waals surface area contributed by atoms with Gasteiger partial charge in [0.1, 0.15) is 19.7 Å². The van der Waals surface area contributed by atoms with Gasteiger partial charge in [-0.25, -0.2) is 0 Å². The molecule has 13 heavy (non-hydrogen) atoms. The van der Waals surface area contributed by atoms with Crippen molar-refractivity contribution in [2.45, 2.75) is 32.5 Å². The normalized spacial score (nSPS) is 29.1. The highest BCUT2D eigenvalue weighted by Gasteiger charge is 2.22. The summed E-state index contributed by atoms with van der Waals surface area (Å²) < 4.78 is 21.0. The molecule has 0 saturated carbocycles. The van der Waals surface area contributed by atoms with Crippen LogP contribution in [0.1, 0.15) is 20.3 Å². The first-order valence-electron chi connectivity index (χ1n) is 4.73.